The lowest BCUT2D eigenvalue weighted by molar-refractivity contribution is 0.281. The Labute approximate surface area is 113 Å². The van der Waals surface area contributed by atoms with Gasteiger partial charge in [-0.05, 0) is 64.3 Å². The Morgan fingerprint density at radius 1 is 1.17 bits per heavy atom. The third-order valence-corrected chi connectivity index (χ3v) is 3.22. The van der Waals surface area contributed by atoms with Crippen LogP contribution in [0.2, 0.25) is 0 Å². The molecule has 0 fully saturated rings. The highest BCUT2D eigenvalue weighted by Gasteiger charge is 2.04. The summed E-state index contributed by atoms with van der Waals surface area (Å²) in [5.74, 6) is 0.886. The second kappa shape index (κ2) is 5.50. The number of rotatable bonds is 3. The van der Waals surface area contributed by atoms with E-state index in [1.807, 2.05) is 19.1 Å². The molecule has 18 heavy (non-hydrogen) atoms. The lowest BCUT2D eigenvalue weighted by atomic mass is 10.1. The molecule has 0 amide bonds. The summed E-state index contributed by atoms with van der Waals surface area (Å²) in [6, 6.07) is 9.90. The lowest BCUT2D eigenvalue weighted by Crippen LogP contribution is -1.91. The summed E-state index contributed by atoms with van der Waals surface area (Å²) in [5, 5.41) is 9.08. The minimum atomic E-state index is -0.325. The summed E-state index contributed by atoms with van der Waals surface area (Å²) in [7, 11) is 0. The van der Waals surface area contributed by atoms with Crippen molar-refractivity contribution in [3.63, 3.8) is 0 Å². The molecule has 0 heterocycles. The molecule has 2 aromatic carbocycles. The van der Waals surface area contributed by atoms with Gasteiger partial charge in [0.2, 0.25) is 0 Å². The monoisotopic (exact) mass is 310 g/mol. The first-order valence-electron chi connectivity index (χ1n) is 5.43. The Kier molecular flexibility index (Phi) is 3.99. The van der Waals surface area contributed by atoms with Crippen molar-refractivity contribution in [2.75, 3.05) is 0 Å². The molecule has 0 unspecified atom stereocenters. The van der Waals surface area contributed by atoms with Gasteiger partial charge in [0.25, 0.3) is 0 Å². The fraction of sp³-hybridized carbons (Fsp3) is 0.143. The lowest BCUT2D eigenvalue weighted by Gasteiger charge is -2.09. The van der Waals surface area contributed by atoms with E-state index >= 15 is 0 Å². The van der Waals surface area contributed by atoms with Gasteiger partial charge in [0, 0.05) is 0 Å². The van der Waals surface area contributed by atoms with E-state index in [1.165, 1.54) is 6.07 Å². The van der Waals surface area contributed by atoms with Crippen LogP contribution in [0.4, 0.5) is 4.39 Å². The number of hydrogen-bond acceptors (Lipinski definition) is 2. The van der Waals surface area contributed by atoms with Gasteiger partial charge in [-0.25, -0.2) is 4.39 Å². The molecule has 2 aromatic rings. The van der Waals surface area contributed by atoms with E-state index in [1.54, 1.807) is 18.2 Å². The molecule has 0 aliphatic heterocycles. The third-order valence-electron chi connectivity index (χ3n) is 2.61. The SMILES string of the molecule is Cc1cc(Oc2ccc(F)c(Br)c2)ccc1CO. The molecule has 94 valence electrons. The highest BCUT2D eigenvalue weighted by molar-refractivity contribution is 9.10. The van der Waals surface area contributed by atoms with E-state index in [4.69, 9.17) is 9.84 Å². The molecule has 0 saturated heterocycles. The smallest absolute Gasteiger partial charge is 0.137 e. The standard InChI is InChI=1S/C14H12BrFO2/c1-9-6-11(3-2-10(9)8-17)18-12-4-5-14(16)13(15)7-12/h2-7,17H,8H2,1H3. The summed E-state index contributed by atoms with van der Waals surface area (Å²) in [6.45, 7) is 1.91. The van der Waals surface area contributed by atoms with Gasteiger partial charge in [-0.1, -0.05) is 6.07 Å². The first-order chi connectivity index (χ1) is 8.60. The van der Waals surface area contributed by atoms with Gasteiger partial charge in [-0.2, -0.15) is 0 Å². The quantitative estimate of drug-likeness (QED) is 0.921. The maximum atomic E-state index is 13.1. The Balaban J connectivity index is 2.23. The molecular weight excluding hydrogens is 299 g/mol. The van der Waals surface area contributed by atoms with Crippen molar-refractivity contribution in [2.45, 2.75) is 13.5 Å². The summed E-state index contributed by atoms with van der Waals surface area (Å²) in [4.78, 5) is 0. The van der Waals surface area contributed by atoms with Crippen LogP contribution in [-0.2, 0) is 6.61 Å². The molecule has 4 heteroatoms. The normalized spacial score (nSPS) is 10.4. The predicted molar refractivity (Wildman–Crippen MR) is 71.3 cm³/mol. The maximum absolute atomic E-state index is 13.1. The summed E-state index contributed by atoms with van der Waals surface area (Å²) < 4.78 is 19.1. The van der Waals surface area contributed by atoms with Gasteiger partial charge in [0.05, 0.1) is 11.1 Å². The van der Waals surface area contributed by atoms with Crippen LogP contribution in [0.25, 0.3) is 0 Å². The largest absolute Gasteiger partial charge is 0.457 e. The molecule has 0 spiro atoms. The van der Waals surface area contributed by atoms with Crippen LogP contribution in [0.5, 0.6) is 11.5 Å². The number of ether oxygens (including phenoxy) is 1. The summed E-state index contributed by atoms with van der Waals surface area (Å²) in [5.41, 5.74) is 1.82. The topological polar surface area (TPSA) is 29.5 Å². The molecule has 0 aliphatic rings. The Morgan fingerprint density at radius 3 is 2.44 bits per heavy atom. The minimum Gasteiger partial charge on any atom is -0.457 e. The van der Waals surface area contributed by atoms with Gasteiger partial charge in [0.1, 0.15) is 17.3 Å². The zero-order chi connectivity index (χ0) is 13.1. The molecule has 0 aliphatic carbocycles. The van der Waals surface area contributed by atoms with Crippen molar-refractivity contribution in [2.24, 2.45) is 0 Å². The molecule has 0 bridgehead atoms. The molecular formula is C14H12BrFO2. The van der Waals surface area contributed by atoms with Gasteiger partial charge in [-0.15, -0.1) is 0 Å². The van der Waals surface area contributed by atoms with E-state index in [2.05, 4.69) is 15.9 Å². The van der Waals surface area contributed by atoms with E-state index in [9.17, 15) is 4.39 Å². The van der Waals surface area contributed by atoms with Crippen molar-refractivity contribution in [3.05, 3.63) is 57.8 Å². The molecule has 0 aromatic heterocycles. The molecule has 2 rings (SSSR count). The molecule has 0 atom stereocenters. The van der Waals surface area contributed by atoms with E-state index in [0.29, 0.717) is 16.0 Å². The van der Waals surface area contributed by atoms with Gasteiger partial charge in [-0.3, -0.25) is 0 Å². The van der Waals surface area contributed by atoms with Crippen molar-refractivity contribution >= 4 is 15.9 Å². The van der Waals surface area contributed by atoms with Gasteiger partial charge >= 0.3 is 0 Å². The second-order valence-corrected chi connectivity index (χ2v) is 4.78. The molecule has 1 N–H and O–H groups in total. The number of aryl methyl sites for hydroxylation is 1. The average Bonchev–Trinajstić information content (AvgIpc) is 2.34. The summed E-state index contributed by atoms with van der Waals surface area (Å²) >= 11 is 3.11. The average molecular weight is 311 g/mol. The highest BCUT2D eigenvalue weighted by atomic mass is 79.9. The zero-order valence-electron chi connectivity index (χ0n) is 9.78. The Morgan fingerprint density at radius 2 is 1.83 bits per heavy atom. The van der Waals surface area contributed by atoms with E-state index in [0.717, 1.165) is 11.1 Å². The van der Waals surface area contributed by atoms with Crippen LogP contribution in [0, 0.1) is 12.7 Å². The molecule has 0 saturated carbocycles. The fourth-order valence-corrected chi connectivity index (χ4v) is 1.94. The van der Waals surface area contributed by atoms with Crippen molar-refractivity contribution in [1.29, 1.82) is 0 Å². The van der Waals surface area contributed by atoms with Crippen LogP contribution < -0.4 is 4.74 Å². The first kappa shape index (κ1) is 13.1. The van der Waals surface area contributed by atoms with Crippen LogP contribution >= 0.6 is 15.9 Å². The number of hydrogen-bond donors (Lipinski definition) is 1. The minimum absolute atomic E-state index is 0.00814. The van der Waals surface area contributed by atoms with Gasteiger partial charge in [0.15, 0.2) is 0 Å². The van der Waals surface area contributed by atoms with Crippen molar-refractivity contribution in [3.8, 4) is 11.5 Å². The Hall–Kier alpha value is -1.39. The molecule has 0 radical (unpaired) electrons. The van der Waals surface area contributed by atoms with Crippen LogP contribution in [-0.4, -0.2) is 5.11 Å². The highest BCUT2D eigenvalue weighted by Crippen LogP contribution is 2.27. The molecule has 2 nitrogen and oxygen atoms in total. The van der Waals surface area contributed by atoms with Crippen molar-refractivity contribution in [1.82, 2.24) is 0 Å². The number of halogens is 2. The Bertz CT molecular complexity index is 570. The summed E-state index contributed by atoms with van der Waals surface area (Å²) in [6.07, 6.45) is 0. The van der Waals surface area contributed by atoms with Crippen LogP contribution in [0.1, 0.15) is 11.1 Å². The van der Waals surface area contributed by atoms with Crippen molar-refractivity contribution < 1.29 is 14.2 Å². The maximum Gasteiger partial charge on any atom is 0.137 e. The predicted octanol–water partition coefficient (Wildman–Crippen LogP) is 4.18. The van der Waals surface area contributed by atoms with E-state index in [-0.39, 0.29) is 12.4 Å². The number of benzene rings is 2. The fourth-order valence-electron chi connectivity index (χ4n) is 1.59. The van der Waals surface area contributed by atoms with Gasteiger partial charge < -0.3 is 9.84 Å². The van der Waals surface area contributed by atoms with Crippen LogP contribution in [0.15, 0.2) is 40.9 Å². The third kappa shape index (κ3) is 2.89. The number of aliphatic hydroxyl groups excluding tert-OH is 1. The van der Waals surface area contributed by atoms with E-state index < -0.39 is 0 Å². The zero-order valence-corrected chi connectivity index (χ0v) is 11.4. The first-order valence-corrected chi connectivity index (χ1v) is 6.23. The second-order valence-electron chi connectivity index (χ2n) is 3.92. The number of aliphatic hydroxyl groups is 1. The van der Waals surface area contributed by atoms with Crippen LogP contribution in [0.3, 0.4) is 0 Å².